The highest BCUT2D eigenvalue weighted by Gasteiger charge is 2.68. The largest absolute Gasteiger partial charge is 0.414 e. The molecule has 0 heterocycles. The molecule has 210 valence electrons. The van der Waals surface area contributed by atoms with Crippen LogP contribution in [0.2, 0.25) is 58.9 Å². The number of rotatable bonds is 6. The topological polar surface area (TPSA) is 27.7 Å². The van der Waals surface area contributed by atoms with Crippen molar-refractivity contribution in [2.45, 2.75) is 149 Å². The molecule has 6 heteroatoms. The van der Waals surface area contributed by atoms with Gasteiger partial charge in [-0.15, -0.1) is 0 Å². The Hall–Kier alpha value is 0.531. The third-order valence-electron chi connectivity index (χ3n) is 11.1. The highest BCUT2D eigenvalue weighted by atomic mass is 28.4. The molecular weight excluding hydrogens is 493 g/mol. The molecule has 0 aromatic rings. The molecule has 36 heavy (non-hydrogen) atoms. The van der Waals surface area contributed by atoms with E-state index in [0.29, 0.717) is 17.4 Å². The van der Waals surface area contributed by atoms with Crippen molar-refractivity contribution >= 4 is 25.0 Å². The van der Waals surface area contributed by atoms with Crippen molar-refractivity contribution in [1.29, 1.82) is 0 Å². The van der Waals surface area contributed by atoms with E-state index < -0.39 is 25.0 Å². The van der Waals surface area contributed by atoms with Crippen molar-refractivity contribution in [3.8, 4) is 0 Å². The summed E-state index contributed by atoms with van der Waals surface area (Å²) >= 11 is 0. The normalized spacial score (nSPS) is 47.8. The first-order valence-corrected chi connectivity index (χ1v) is 25.5. The van der Waals surface area contributed by atoms with Gasteiger partial charge in [-0.3, -0.25) is 0 Å². The van der Waals surface area contributed by atoms with Crippen LogP contribution >= 0.6 is 0 Å². The fourth-order valence-electron chi connectivity index (χ4n) is 9.80. The molecule has 0 bridgehead atoms. The molecule has 0 spiro atoms. The quantitative estimate of drug-likeness (QED) is 0.308. The minimum absolute atomic E-state index is 0.165. The highest BCUT2D eigenvalue weighted by Crippen LogP contribution is 2.70. The van der Waals surface area contributed by atoms with Gasteiger partial charge in [0.05, 0.1) is 11.7 Å². The molecule has 0 amide bonds. The fraction of sp³-hybridized carbons (Fsp3) is 1.00. The van der Waals surface area contributed by atoms with Gasteiger partial charge in [0.2, 0.25) is 0 Å². The third-order valence-corrected chi connectivity index (χ3v) is 14.1. The molecule has 0 saturated heterocycles. The van der Waals surface area contributed by atoms with Gasteiger partial charge in [-0.05, 0) is 146 Å². The highest BCUT2D eigenvalue weighted by molar-refractivity contribution is 6.70. The zero-order valence-electron chi connectivity index (χ0n) is 26.2. The second-order valence-electron chi connectivity index (χ2n) is 17.1. The third kappa shape index (κ3) is 5.31. The SMILES string of the molecule is CC1CC2(C)C(CCC3C2CCC2(C)C3CC(O[Si](C)(C)C)C2(C)O[Si](C)(C)C)CC1O[Si](C)(C)C. The second kappa shape index (κ2) is 9.29. The van der Waals surface area contributed by atoms with E-state index in [0.717, 1.165) is 23.7 Å². The van der Waals surface area contributed by atoms with Crippen molar-refractivity contribution < 1.29 is 13.3 Å². The minimum Gasteiger partial charge on any atom is -0.414 e. The van der Waals surface area contributed by atoms with Crippen LogP contribution in [-0.4, -0.2) is 42.8 Å². The average Bonchev–Trinajstić information content (AvgIpc) is 2.86. The van der Waals surface area contributed by atoms with Crippen LogP contribution < -0.4 is 0 Å². The summed E-state index contributed by atoms with van der Waals surface area (Å²) in [6, 6.07) is 0. The Bertz CT molecular complexity index is 814. The number of fused-ring (bicyclic) bond motifs is 5. The standard InChI is InChI=1S/C30H60O3Si3/c1-21-20-28(2)22(18-26(21)31-34(5,6)7)14-15-23-24(28)16-17-29(3)25(23)19-27(32-35(8,9)10)30(29,4)33-36(11,12)13/h21-27H,14-20H2,1-13H3. The minimum atomic E-state index is -1.73. The number of hydrogen-bond donors (Lipinski definition) is 0. The van der Waals surface area contributed by atoms with E-state index in [1.165, 1.54) is 44.9 Å². The van der Waals surface area contributed by atoms with Gasteiger partial charge in [-0.1, -0.05) is 20.8 Å². The summed E-state index contributed by atoms with van der Waals surface area (Å²) < 4.78 is 21.0. The molecule has 0 radical (unpaired) electrons. The van der Waals surface area contributed by atoms with Crippen LogP contribution in [0.25, 0.3) is 0 Å². The summed E-state index contributed by atoms with van der Waals surface area (Å²) in [6.45, 7) is 31.6. The average molecular weight is 553 g/mol. The van der Waals surface area contributed by atoms with Gasteiger partial charge in [-0.2, -0.15) is 0 Å². The Morgan fingerprint density at radius 3 is 1.86 bits per heavy atom. The van der Waals surface area contributed by atoms with Gasteiger partial charge in [0.25, 0.3) is 0 Å². The van der Waals surface area contributed by atoms with Crippen molar-refractivity contribution in [2.24, 2.45) is 40.4 Å². The summed E-state index contributed by atoms with van der Waals surface area (Å²) in [5.41, 5.74) is 0.518. The van der Waals surface area contributed by atoms with E-state index in [9.17, 15) is 0 Å². The van der Waals surface area contributed by atoms with E-state index >= 15 is 0 Å². The molecule has 0 aliphatic heterocycles. The first kappa shape index (κ1) is 29.5. The Kier molecular flexibility index (Phi) is 7.62. The molecule has 4 fully saturated rings. The lowest BCUT2D eigenvalue weighted by molar-refractivity contribution is -0.162. The summed E-state index contributed by atoms with van der Waals surface area (Å²) in [6.07, 6.45) is 10.1. The van der Waals surface area contributed by atoms with Gasteiger partial charge in [-0.25, -0.2) is 0 Å². The van der Waals surface area contributed by atoms with Gasteiger partial charge >= 0.3 is 0 Å². The molecule has 10 unspecified atom stereocenters. The molecule has 3 nitrogen and oxygen atoms in total. The molecule has 4 rings (SSSR count). The van der Waals surface area contributed by atoms with Crippen LogP contribution in [-0.2, 0) is 13.3 Å². The van der Waals surface area contributed by atoms with E-state index in [4.69, 9.17) is 13.3 Å². The predicted octanol–water partition coefficient (Wildman–Crippen LogP) is 8.94. The van der Waals surface area contributed by atoms with Crippen LogP contribution in [0.5, 0.6) is 0 Å². The molecule has 4 aliphatic rings. The van der Waals surface area contributed by atoms with Crippen LogP contribution in [0.3, 0.4) is 0 Å². The van der Waals surface area contributed by atoms with Crippen LogP contribution in [0.1, 0.15) is 72.6 Å². The Balaban J connectivity index is 1.63. The Labute approximate surface area is 227 Å². The Morgan fingerprint density at radius 1 is 0.694 bits per heavy atom. The van der Waals surface area contributed by atoms with E-state index in [-0.39, 0.29) is 17.1 Å². The van der Waals surface area contributed by atoms with Crippen molar-refractivity contribution in [3.63, 3.8) is 0 Å². The van der Waals surface area contributed by atoms with E-state index in [2.05, 4.69) is 86.6 Å². The lowest BCUT2D eigenvalue weighted by Crippen LogP contribution is -2.61. The smallest absolute Gasteiger partial charge is 0.184 e. The molecule has 0 N–H and O–H groups in total. The van der Waals surface area contributed by atoms with Crippen molar-refractivity contribution in [1.82, 2.24) is 0 Å². The maximum absolute atomic E-state index is 7.23. The summed E-state index contributed by atoms with van der Waals surface area (Å²) in [7, 11) is -4.93. The summed E-state index contributed by atoms with van der Waals surface area (Å²) in [5, 5.41) is 0. The molecule has 10 atom stereocenters. The molecule has 4 saturated carbocycles. The van der Waals surface area contributed by atoms with E-state index in [1.807, 2.05) is 0 Å². The fourth-order valence-corrected chi connectivity index (χ4v) is 13.8. The lowest BCUT2D eigenvalue weighted by atomic mass is 9.43. The van der Waals surface area contributed by atoms with Gasteiger partial charge in [0.15, 0.2) is 25.0 Å². The lowest BCUT2D eigenvalue weighted by Gasteiger charge is -2.63. The number of hydrogen-bond acceptors (Lipinski definition) is 3. The second-order valence-corrected chi connectivity index (χ2v) is 30.4. The summed E-state index contributed by atoms with van der Waals surface area (Å²) in [5.74, 6) is 3.92. The van der Waals surface area contributed by atoms with Gasteiger partial charge < -0.3 is 13.3 Å². The Morgan fingerprint density at radius 2 is 1.31 bits per heavy atom. The van der Waals surface area contributed by atoms with Crippen LogP contribution in [0.15, 0.2) is 0 Å². The maximum Gasteiger partial charge on any atom is 0.184 e. The molecule has 0 aromatic heterocycles. The van der Waals surface area contributed by atoms with Crippen LogP contribution in [0, 0.1) is 40.4 Å². The predicted molar refractivity (Wildman–Crippen MR) is 161 cm³/mol. The van der Waals surface area contributed by atoms with Crippen LogP contribution in [0.4, 0.5) is 0 Å². The zero-order valence-corrected chi connectivity index (χ0v) is 29.2. The molecule has 4 aliphatic carbocycles. The maximum atomic E-state index is 7.23. The first-order chi connectivity index (χ1) is 16.2. The monoisotopic (exact) mass is 552 g/mol. The molecule has 0 aromatic carbocycles. The summed E-state index contributed by atoms with van der Waals surface area (Å²) in [4.78, 5) is 0. The first-order valence-electron chi connectivity index (χ1n) is 15.2. The van der Waals surface area contributed by atoms with Gasteiger partial charge in [0, 0.05) is 11.5 Å². The van der Waals surface area contributed by atoms with E-state index in [1.54, 1.807) is 0 Å². The molecular formula is C30H60O3Si3. The van der Waals surface area contributed by atoms with Crippen molar-refractivity contribution in [3.05, 3.63) is 0 Å². The zero-order chi connectivity index (χ0) is 27.1. The van der Waals surface area contributed by atoms with Crippen molar-refractivity contribution in [2.75, 3.05) is 0 Å². The van der Waals surface area contributed by atoms with Gasteiger partial charge in [0.1, 0.15) is 0 Å².